The molecule has 2 nitrogen and oxygen atoms in total. The molecule has 1 amide bonds. The van der Waals surface area contributed by atoms with E-state index < -0.39 is 0 Å². The normalized spacial score (nSPS) is 12.7. The van der Waals surface area contributed by atoms with Gasteiger partial charge in [0, 0.05) is 6.42 Å². The largest absolute Gasteiger partial charge is 0.350 e. The molecular formula is C21H26FNO. The van der Waals surface area contributed by atoms with E-state index in [2.05, 4.69) is 50.4 Å². The number of rotatable bonds is 5. The lowest BCUT2D eigenvalue weighted by Crippen LogP contribution is -2.26. The van der Waals surface area contributed by atoms with Crippen molar-refractivity contribution in [2.45, 2.75) is 52.0 Å². The Labute approximate surface area is 144 Å². The Morgan fingerprint density at radius 1 is 1.04 bits per heavy atom. The predicted octanol–water partition coefficient (Wildman–Crippen LogP) is 4.93. The van der Waals surface area contributed by atoms with Crippen LogP contribution in [0.3, 0.4) is 0 Å². The van der Waals surface area contributed by atoms with Crippen molar-refractivity contribution in [1.29, 1.82) is 0 Å². The van der Waals surface area contributed by atoms with Crippen LogP contribution in [0.15, 0.2) is 48.5 Å². The zero-order valence-corrected chi connectivity index (χ0v) is 14.9. The first kappa shape index (κ1) is 18.2. The van der Waals surface area contributed by atoms with Gasteiger partial charge < -0.3 is 5.32 Å². The van der Waals surface area contributed by atoms with Crippen LogP contribution in [-0.2, 0) is 16.6 Å². The second-order valence-corrected chi connectivity index (χ2v) is 7.29. The van der Waals surface area contributed by atoms with Crippen LogP contribution in [0.2, 0.25) is 0 Å². The second-order valence-electron chi connectivity index (χ2n) is 7.29. The van der Waals surface area contributed by atoms with Crippen molar-refractivity contribution < 1.29 is 9.18 Å². The van der Waals surface area contributed by atoms with Gasteiger partial charge >= 0.3 is 0 Å². The van der Waals surface area contributed by atoms with Crippen molar-refractivity contribution in [3.8, 4) is 0 Å². The fourth-order valence-corrected chi connectivity index (χ4v) is 2.58. The van der Waals surface area contributed by atoms with E-state index in [-0.39, 0.29) is 23.2 Å². The molecule has 2 rings (SSSR count). The van der Waals surface area contributed by atoms with E-state index in [1.54, 1.807) is 12.1 Å². The van der Waals surface area contributed by atoms with Gasteiger partial charge in [0.2, 0.25) is 5.91 Å². The van der Waals surface area contributed by atoms with Crippen molar-refractivity contribution in [2.24, 2.45) is 0 Å². The van der Waals surface area contributed by atoms with Gasteiger partial charge in [-0.15, -0.1) is 0 Å². The van der Waals surface area contributed by atoms with Gasteiger partial charge in [0.15, 0.2) is 0 Å². The van der Waals surface area contributed by atoms with Gasteiger partial charge in [0.25, 0.3) is 0 Å². The first-order valence-electron chi connectivity index (χ1n) is 8.40. The highest BCUT2D eigenvalue weighted by Gasteiger charge is 2.13. The lowest BCUT2D eigenvalue weighted by Gasteiger charge is -2.19. The summed E-state index contributed by atoms with van der Waals surface area (Å²) < 4.78 is 12.9. The van der Waals surface area contributed by atoms with Crippen LogP contribution in [0.25, 0.3) is 0 Å². The number of carbonyl (C=O) groups is 1. The molecule has 0 radical (unpaired) electrons. The van der Waals surface area contributed by atoms with Crippen LogP contribution >= 0.6 is 0 Å². The van der Waals surface area contributed by atoms with Crippen LogP contribution in [0.4, 0.5) is 4.39 Å². The Morgan fingerprint density at radius 3 is 2.17 bits per heavy atom. The quantitative estimate of drug-likeness (QED) is 0.828. The zero-order chi connectivity index (χ0) is 17.7. The molecule has 0 aromatic heterocycles. The number of benzene rings is 2. The van der Waals surface area contributed by atoms with Gasteiger partial charge in [-0.2, -0.15) is 0 Å². The first-order valence-corrected chi connectivity index (χ1v) is 8.40. The Morgan fingerprint density at radius 2 is 1.62 bits per heavy atom. The molecule has 24 heavy (non-hydrogen) atoms. The summed E-state index contributed by atoms with van der Waals surface area (Å²) in [5, 5.41) is 2.96. The molecule has 0 aliphatic rings. The van der Waals surface area contributed by atoms with Gasteiger partial charge in [-0.3, -0.25) is 4.79 Å². The van der Waals surface area contributed by atoms with Gasteiger partial charge in [0.05, 0.1) is 6.04 Å². The Balaban J connectivity index is 1.85. The van der Waals surface area contributed by atoms with E-state index in [1.807, 2.05) is 6.92 Å². The average molecular weight is 327 g/mol. The lowest BCUT2D eigenvalue weighted by atomic mass is 9.86. The van der Waals surface area contributed by atoms with Crippen molar-refractivity contribution in [2.75, 3.05) is 0 Å². The minimum absolute atomic E-state index is 0.00622. The molecule has 0 saturated carbocycles. The van der Waals surface area contributed by atoms with E-state index in [4.69, 9.17) is 0 Å². The lowest BCUT2D eigenvalue weighted by molar-refractivity contribution is -0.121. The third-order valence-corrected chi connectivity index (χ3v) is 4.21. The van der Waals surface area contributed by atoms with Gasteiger partial charge in [-0.05, 0) is 47.6 Å². The Hall–Kier alpha value is -2.16. The minimum Gasteiger partial charge on any atom is -0.350 e. The van der Waals surface area contributed by atoms with Crippen molar-refractivity contribution in [3.63, 3.8) is 0 Å². The maximum Gasteiger partial charge on any atom is 0.220 e. The Kier molecular flexibility index (Phi) is 5.76. The fraction of sp³-hybridized carbons (Fsp3) is 0.381. The number of hydrogen-bond acceptors (Lipinski definition) is 1. The minimum atomic E-state index is -0.268. The van der Waals surface area contributed by atoms with Crippen molar-refractivity contribution >= 4 is 5.91 Å². The summed E-state index contributed by atoms with van der Waals surface area (Å²) in [4.78, 5) is 12.1. The molecule has 0 aliphatic carbocycles. The van der Waals surface area contributed by atoms with Gasteiger partial charge in [-0.25, -0.2) is 4.39 Å². The molecular weight excluding hydrogens is 301 g/mol. The topological polar surface area (TPSA) is 29.1 Å². The van der Waals surface area contributed by atoms with E-state index in [0.717, 1.165) is 11.1 Å². The molecule has 0 fully saturated rings. The highest BCUT2D eigenvalue weighted by Crippen LogP contribution is 2.22. The standard InChI is InChI=1S/C21H26FNO/c1-15(17-8-12-19(22)13-9-17)23-20(24)14-7-16-5-10-18(11-6-16)21(2,3)4/h5-6,8-13,15H,7,14H2,1-4H3,(H,23,24). The summed E-state index contributed by atoms with van der Waals surface area (Å²) in [6.07, 6.45) is 1.16. The van der Waals surface area contributed by atoms with Crippen LogP contribution in [0, 0.1) is 5.82 Å². The van der Waals surface area contributed by atoms with Crippen LogP contribution in [0.1, 0.15) is 56.8 Å². The van der Waals surface area contributed by atoms with E-state index in [9.17, 15) is 9.18 Å². The molecule has 2 aromatic carbocycles. The number of hydrogen-bond donors (Lipinski definition) is 1. The molecule has 0 bridgehead atoms. The highest BCUT2D eigenvalue weighted by atomic mass is 19.1. The summed E-state index contributed by atoms with van der Waals surface area (Å²) in [5.41, 5.74) is 3.49. The molecule has 1 atom stereocenters. The molecule has 0 heterocycles. The molecule has 1 N–H and O–H groups in total. The number of amides is 1. The number of aryl methyl sites for hydroxylation is 1. The zero-order valence-electron chi connectivity index (χ0n) is 14.9. The number of nitrogens with one attached hydrogen (secondary N) is 1. The maximum absolute atomic E-state index is 12.9. The fourth-order valence-electron chi connectivity index (χ4n) is 2.58. The van der Waals surface area contributed by atoms with Crippen LogP contribution < -0.4 is 5.32 Å². The van der Waals surface area contributed by atoms with E-state index in [0.29, 0.717) is 12.8 Å². The van der Waals surface area contributed by atoms with Crippen LogP contribution in [0.5, 0.6) is 0 Å². The molecule has 0 spiro atoms. The average Bonchev–Trinajstić information content (AvgIpc) is 2.53. The second kappa shape index (κ2) is 7.61. The molecule has 1 unspecified atom stereocenters. The van der Waals surface area contributed by atoms with Crippen molar-refractivity contribution in [1.82, 2.24) is 5.32 Å². The first-order chi connectivity index (χ1) is 11.3. The van der Waals surface area contributed by atoms with E-state index >= 15 is 0 Å². The monoisotopic (exact) mass is 327 g/mol. The molecule has 3 heteroatoms. The SMILES string of the molecule is CC(NC(=O)CCc1ccc(C(C)(C)C)cc1)c1ccc(F)cc1. The molecule has 2 aromatic rings. The molecule has 128 valence electrons. The third-order valence-electron chi connectivity index (χ3n) is 4.21. The predicted molar refractivity (Wildman–Crippen MR) is 96.4 cm³/mol. The summed E-state index contributed by atoms with van der Waals surface area (Å²) in [5.74, 6) is -0.261. The highest BCUT2D eigenvalue weighted by molar-refractivity contribution is 5.76. The van der Waals surface area contributed by atoms with Gasteiger partial charge in [0.1, 0.15) is 5.82 Å². The van der Waals surface area contributed by atoms with Gasteiger partial charge in [-0.1, -0.05) is 57.2 Å². The number of halogens is 1. The smallest absolute Gasteiger partial charge is 0.220 e. The van der Waals surface area contributed by atoms with E-state index in [1.165, 1.54) is 17.7 Å². The summed E-state index contributed by atoms with van der Waals surface area (Å²) in [7, 11) is 0. The number of carbonyl (C=O) groups excluding carboxylic acids is 1. The summed E-state index contributed by atoms with van der Waals surface area (Å²) in [6.45, 7) is 8.47. The van der Waals surface area contributed by atoms with Crippen molar-refractivity contribution in [3.05, 3.63) is 71.0 Å². The Bertz CT molecular complexity index is 668. The molecule has 0 aliphatic heterocycles. The summed E-state index contributed by atoms with van der Waals surface area (Å²) in [6, 6.07) is 14.6. The summed E-state index contributed by atoms with van der Waals surface area (Å²) >= 11 is 0. The third kappa shape index (κ3) is 5.19. The molecule has 0 saturated heterocycles. The van der Waals surface area contributed by atoms with Crippen LogP contribution in [-0.4, -0.2) is 5.91 Å². The maximum atomic E-state index is 12.9.